The van der Waals surface area contributed by atoms with Crippen molar-refractivity contribution in [1.82, 2.24) is 10.2 Å². The Hall–Kier alpha value is -1.55. The molecule has 1 aliphatic heterocycles. The zero-order valence-corrected chi connectivity index (χ0v) is 12.0. The fraction of sp³-hybridized carbons (Fsp3) is 0.833. The summed E-state index contributed by atoms with van der Waals surface area (Å²) in [5.41, 5.74) is 0. The van der Waals surface area contributed by atoms with Crippen LogP contribution >= 0.6 is 0 Å². The molecule has 1 rings (SSSR count). The maximum absolute atomic E-state index is 13.0. The van der Waals surface area contributed by atoms with E-state index in [1.54, 1.807) is 5.32 Å². The molecule has 2 N–H and O–H groups in total. The number of alkyl halides is 3. The molecule has 10 heteroatoms. The number of halogens is 3. The van der Waals surface area contributed by atoms with Gasteiger partial charge >= 0.3 is 12.1 Å². The first kappa shape index (κ1) is 18.5. The number of carboxylic acid groups (broad SMARTS) is 1. The van der Waals surface area contributed by atoms with Crippen molar-refractivity contribution < 1.29 is 37.3 Å². The van der Waals surface area contributed by atoms with Crippen LogP contribution in [-0.4, -0.2) is 73.7 Å². The number of hydrogen-bond acceptors (Lipinski definition) is 5. The number of amides is 1. The largest absolute Gasteiger partial charge is 0.468 e. The molecule has 0 aromatic heterocycles. The molecule has 3 atom stereocenters. The summed E-state index contributed by atoms with van der Waals surface area (Å²) in [6.07, 6.45) is -5.75. The normalized spacial score (nSPS) is 21.0. The van der Waals surface area contributed by atoms with Gasteiger partial charge in [0.25, 0.3) is 6.43 Å². The van der Waals surface area contributed by atoms with Crippen molar-refractivity contribution in [2.24, 2.45) is 0 Å². The van der Waals surface area contributed by atoms with Crippen LogP contribution in [0.25, 0.3) is 0 Å². The van der Waals surface area contributed by atoms with Crippen molar-refractivity contribution in [2.75, 3.05) is 26.9 Å². The van der Waals surface area contributed by atoms with Crippen molar-refractivity contribution in [3.63, 3.8) is 0 Å². The Kier molecular flexibility index (Phi) is 7.39. The van der Waals surface area contributed by atoms with Crippen molar-refractivity contribution in [1.29, 1.82) is 0 Å². The van der Waals surface area contributed by atoms with E-state index < -0.39 is 37.4 Å². The lowest BCUT2D eigenvalue weighted by Gasteiger charge is -2.23. The predicted molar refractivity (Wildman–Crippen MR) is 68.4 cm³/mol. The standard InChI is InChI=1S/C12H19F3N2O5/c1-21-11(18)8(16-10(15)9(13)14)6-22-5-7-3-2-4-17(7)12(19)20/h7-10,16H,2-6H2,1H3,(H,19,20)/t7-,8+,10?/m1/s1. The lowest BCUT2D eigenvalue weighted by Crippen LogP contribution is -2.48. The third-order valence-electron chi connectivity index (χ3n) is 3.28. The minimum atomic E-state index is -3.29. The van der Waals surface area contributed by atoms with Gasteiger partial charge in [0.15, 0.2) is 0 Å². The Morgan fingerprint density at radius 1 is 1.41 bits per heavy atom. The third-order valence-corrected chi connectivity index (χ3v) is 3.28. The van der Waals surface area contributed by atoms with Crippen LogP contribution < -0.4 is 5.32 Å². The van der Waals surface area contributed by atoms with E-state index in [0.717, 1.165) is 7.11 Å². The SMILES string of the molecule is COC(=O)[C@H](COC[C@H]1CCCN1C(=O)O)NC(F)C(F)F. The molecule has 1 amide bonds. The monoisotopic (exact) mass is 328 g/mol. The maximum Gasteiger partial charge on any atom is 0.407 e. The number of carbonyl (C=O) groups excluding carboxylic acids is 1. The predicted octanol–water partition coefficient (Wildman–Crippen LogP) is 0.837. The Morgan fingerprint density at radius 3 is 2.64 bits per heavy atom. The van der Waals surface area contributed by atoms with Crippen LogP contribution in [0.2, 0.25) is 0 Å². The van der Waals surface area contributed by atoms with Gasteiger partial charge in [0, 0.05) is 6.54 Å². The summed E-state index contributed by atoms with van der Waals surface area (Å²) in [6, 6.07) is -1.76. The van der Waals surface area contributed by atoms with Crippen LogP contribution in [0.3, 0.4) is 0 Å². The first-order chi connectivity index (χ1) is 10.4. The maximum atomic E-state index is 13.0. The van der Waals surface area contributed by atoms with Crippen LogP contribution in [0.5, 0.6) is 0 Å². The second-order valence-electron chi connectivity index (χ2n) is 4.79. The van der Waals surface area contributed by atoms with Gasteiger partial charge in [-0.15, -0.1) is 0 Å². The van der Waals surface area contributed by atoms with Crippen LogP contribution in [0, 0.1) is 0 Å². The lowest BCUT2D eigenvalue weighted by molar-refractivity contribution is -0.146. The van der Waals surface area contributed by atoms with Crippen LogP contribution in [0.1, 0.15) is 12.8 Å². The molecule has 7 nitrogen and oxygen atoms in total. The fourth-order valence-corrected chi connectivity index (χ4v) is 2.17. The number of carbonyl (C=O) groups is 2. The van der Waals surface area contributed by atoms with E-state index >= 15 is 0 Å². The molecule has 1 unspecified atom stereocenters. The smallest absolute Gasteiger partial charge is 0.407 e. The molecule has 1 aliphatic rings. The minimum Gasteiger partial charge on any atom is -0.468 e. The van der Waals surface area contributed by atoms with Crippen LogP contribution in [0.15, 0.2) is 0 Å². The topological polar surface area (TPSA) is 88.1 Å². The summed E-state index contributed by atoms with van der Waals surface area (Å²) < 4.78 is 46.8. The first-order valence-corrected chi connectivity index (χ1v) is 6.70. The number of ether oxygens (including phenoxy) is 2. The van der Waals surface area contributed by atoms with E-state index in [-0.39, 0.29) is 12.6 Å². The van der Waals surface area contributed by atoms with E-state index in [9.17, 15) is 22.8 Å². The van der Waals surface area contributed by atoms with Crippen molar-refractivity contribution in [2.45, 2.75) is 37.6 Å². The van der Waals surface area contributed by atoms with E-state index in [2.05, 4.69) is 4.74 Å². The highest BCUT2D eigenvalue weighted by Gasteiger charge is 2.31. The molecule has 1 saturated heterocycles. The zero-order valence-electron chi connectivity index (χ0n) is 12.0. The Bertz CT molecular complexity index is 386. The molecule has 1 heterocycles. The Morgan fingerprint density at radius 2 is 2.09 bits per heavy atom. The molecular formula is C12H19F3N2O5. The molecule has 1 fully saturated rings. The van der Waals surface area contributed by atoms with E-state index in [1.165, 1.54) is 4.90 Å². The van der Waals surface area contributed by atoms with Crippen molar-refractivity contribution in [3.05, 3.63) is 0 Å². The molecule has 0 aliphatic carbocycles. The number of methoxy groups -OCH3 is 1. The Labute approximate surface area is 125 Å². The van der Waals surface area contributed by atoms with Gasteiger partial charge in [-0.05, 0) is 12.8 Å². The molecule has 22 heavy (non-hydrogen) atoms. The molecule has 0 radical (unpaired) electrons. The number of hydrogen-bond donors (Lipinski definition) is 2. The summed E-state index contributed by atoms with van der Waals surface area (Å²) in [7, 11) is 1.04. The van der Waals surface area contributed by atoms with Gasteiger partial charge in [0.05, 0.1) is 26.4 Å². The quantitative estimate of drug-likeness (QED) is 0.507. The van der Waals surface area contributed by atoms with E-state index in [1.807, 2.05) is 0 Å². The number of likely N-dealkylation sites (tertiary alicyclic amines) is 1. The second kappa shape index (κ2) is 8.79. The average molecular weight is 328 g/mol. The number of rotatable bonds is 8. The molecular weight excluding hydrogens is 309 g/mol. The molecule has 0 saturated carbocycles. The number of nitrogens with one attached hydrogen (secondary N) is 1. The summed E-state index contributed by atoms with van der Waals surface area (Å²) in [4.78, 5) is 23.5. The van der Waals surface area contributed by atoms with Gasteiger partial charge in [0.2, 0.25) is 6.30 Å². The van der Waals surface area contributed by atoms with Gasteiger partial charge in [-0.2, -0.15) is 0 Å². The van der Waals surface area contributed by atoms with Crippen LogP contribution in [-0.2, 0) is 14.3 Å². The van der Waals surface area contributed by atoms with Crippen LogP contribution in [0.4, 0.5) is 18.0 Å². The third kappa shape index (κ3) is 5.34. The average Bonchev–Trinajstić information content (AvgIpc) is 2.93. The van der Waals surface area contributed by atoms with E-state index in [4.69, 9.17) is 9.84 Å². The summed E-state index contributed by atoms with van der Waals surface area (Å²) in [5.74, 6) is -0.940. The zero-order chi connectivity index (χ0) is 16.7. The molecule has 0 spiro atoms. The fourth-order valence-electron chi connectivity index (χ4n) is 2.17. The highest BCUT2D eigenvalue weighted by Crippen LogP contribution is 2.17. The molecule has 0 bridgehead atoms. The number of esters is 1. The van der Waals surface area contributed by atoms with Gasteiger partial charge in [-0.3, -0.25) is 10.1 Å². The van der Waals surface area contributed by atoms with Gasteiger partial charge < -0.3 is 19.5 Å². The highest BCUT2D eigenvalue weighted by atomic mass is 19.3. The second-order valence-corrected chi connectivity index (χ2v) is 4.79. The number of nitrogens with zero attached hydrogens (tertiary/aromatic N) is 1. The summed E-state index contributed by atoms with van der Waals surface area (Å²) in [6.45, 7) is -0.0170. The van der Waals surface area contributed by atoms with Crippen molar-refractivity contribution in [3.8, 4) is 0 Å². The van der Waals surface area contributed by atoms with Gasteiger partial charge in [-0.1, -0.05) is 0 Å². The summed E-state index contributed by atoms with van der Waals surface area (Å²) >= 11 is 0. The molecule has 0 aromatic rings. The highest BCUT2D eigenvalue weighted by molar-refractivity contribution is 5.75. The molecule has 128 valence electrons. The Balaban J connectivity index is 2.46. The molecule has 0 aromatic carbocycles. The minimum absolute atomic E-state index is 0.00684. The lowest BCUT2D eigenvalue weighted by atomic mass is 10.2. The first-order valence-electron chi connectivity index (χ1n) is 6.70. The van der Waals surface area contributed by atoms with Crippen molar-refractivity contribution >= 4 is 12.1 Å². The summed E-state index contributed by atoms with van der Waals surface area (Å²) in [5, 5.41) is 10.7. The van der Waals surface area contributed by atoms with Gasteiger partial charge in [0.1, 0.15) is 6.04 Å². The van der Waals surface area contributed by atoms with Gasteiger partial charge in [-0.25, -0.2) is 18.0 Å². The van der Waals surface area contributed by atoms with E-state index in [0.29, 0.717) is 19.4 Å².